The van der Waals surface area contributed by atoms with Crippen molar-refractivity contribution in [3.05, 3.63) is 41.5 Å². The van der Waals surface area contributed by atoms with Crippen LogP contribution in [0.3, 0.4) is 0 Å². The van der Waals surface area contributed by atoms with Gasteiger partial charge in [-0.2, -0.15) is 0 Å². The second-order valence-electron chi connectivity index (χ2n) is 2.93. The molecule has 0 amide bonds. The van der Waals surface area contributed by atoms with Gasteiger partial charge in [-0.1, -0.05) is 17.7 Å². The van der Waals surface area contributed by atoms with Gasteiger partial charge in [-0.05, 0) is 0 Å². The van der Waals surface area contributed by atoms with Crippen molar-refractivity contribution < 1.29 is 51.0 Å². The van der Waals surface area contributed by atoms with Crippen molar-refractivity contribution in [1.82, 2.24) is 0 Å². The van der Waals surface area contributed by atoms with Crippen LogP contribution >= 0.6 is 0 Å². The molecule has 1 aliphatic carbocycles. The minimum Gasteiger partial charge on any atom is -1.00 e. The summed E-state index contributed by atoms with van der Waals surface area (Å²) < 4.78 is 0. The third-order valence-electron chi connectivity index (χ3n) is 2.30. The maximum Gasteiger partial charge on any atom is 3.00 e. The normalized spacial score (nSPS) is 10.3. The van der Waals surface area contributed by atoms with Gasteiger partial charge in [0.05, 0.1) is 0 Å². The van der Waals surface area contributed by atoms with Gasteiger partial charge in [0.15, 0.2) is 0 Å². The van der Waals surface area contributed by atoms with Gasteiger partial charge in [0, 0.05) is 0 Å². The first-order valence-corrected chi connectivity index (χ1v) is 3.82. The van der Waals surface area contributed by atoms with Crippen LogP contribution in [0.25, 0.3) is 22.9 Å². The van der Waals surface area contributed by atoms with Crippen LogP contribution in [0.5, 0.6) is 0 Å². The Bertz CT molecular complexity index is 457. The van der Waals surface area contributed by atoms with Gasteiger partial charge in [0.1, 0.15) is 0 Å². The molecule has 0 saturated carbocycles. The van der Waals surface area contributed by atoms with Crippen molar-refractivity contribution in [2.45, 2.75) is 0 Å². The van der Waals surface area contributed by atoms with Crippen LogP contribution in [0.15, 0.2) is 30.3 Å². The summed E-state index contributed by atoms with van der Waals surface area (Å²) in [4.78, 5) is 0. The minimum absolute atomic E-state index is 0. The Kier molecular flexibility index (Phi) is 5.22. The second-order valence-corrected chi connectivity index (χ2v) is 2.93. The largest absolute Gasteiger partial charge is 3.00 e. The first kappa shape index (κ1) is 14.0. The molecule has 0 unspecified atom stereocenters. The van der Waals surface area contributed by atoms with E-state index in [0.717, 1.165) is 0 Å². The summed E-state index contributed by atoms with van der Waals surface area (Å²) in [5, 5.41) is 2.79. The summed E-state index contributed by atoms with van der Waals surface area (Å²) in [7, 11) is 0. The number of rotatable bonds is 0. The number of benzene rings is 1. The van der Waals surface area contributed by atoms with Crippen molar-refractivity contribution in [2.24, 2.45) is 0 Å². The van der Waals surface area contributed by atoms with Crippen molar-refractivity contribution in [3.63, 3.8) is 0 Å². The van der Waals surface area contributed by atoms with Gasteiger partial charge in [0.2, 0.25) is 0 Å². The molecule has 2 aromatic rings. The molecule has 0 aliphatic heterocycles. The van der Waals surface area contributed by atoms with Crippen LogP contribution in [-0.4, -0.2) is 0 Å². The monoisotopic (exact) mass is 299 g/mol. The summed E-state index contributed by atoms with van der Waals surface area (Å²) in [6, 6.07) is 10.8. The van der Waals surface area contributed by atoms with E-state index >= 15 is 0 Å². The first-order valence-electron chi connectivity index (χ1n) is 3.82. The summed E-state index contributed by atoms with van der Waals surface area (Å²) >= 11 is 0. The molecule has 0 aromatic heterocycles. The molecule has 0 bridgehead atoms. The predicted molar refractivity (Wildman–Crippen MR) is 48.5 cm³/mol. The molecule has 0 atom stereocenters. The molecule has 0 heterocycles. The van der Waals surface area contributed by atoms with Crippen LogP contribution in [0.2, 0.25) is 0 Å². The van der Waals surface area contributed by atoms with Gasteiger partial charge in [-0.25, -0.2) is 0 Å². The van der Waals surface area contributed by atoms with E-state index in [0.29, 0.717) is 0 Å². The zero-order valence-corrected chi connectivity index (χ0v) is 11.3. The number of halogens is 2. The molecule has 0 nitrogen and oxygen atoms in total. The van der Waals surface area contributed by atoms with E-state index in [2.05, 4.69) is 42.5 Å². The zero-order valence-electron chi connectivity index (χ0n) is 7.30. The van der Waals surface area contributed by atoms with Gasteiger partial charge in [-0.3, -0.25) is 0 Å². The molecule has 0 N–H and O–H groups in total. The molecule has 1 radical (unpaired) electrons. The molecule has 3 rings (SSSR count). The van der Waals surface area contributed by atoms with Crippen molar-refractivity contribution in [1.29, 1.82) is 0 Å². The Morgan fingerprint density at radius 2 is 1.64 bits per heavy atom. The molecular formula is C11H7Cl2Zr. The molecule has 0 spiro atoms. The van der Waals surface area contributed by atoms with E-state index in [1.165, 1.54) is 21.9 Å². The van der Waals surface area contributed by atoms with E-state index in [-0.39, 0.29) is 51.0 Å². The standard InChI is InChI=1S/C11H7.2ClH.Zr/c1-2-8-4-6-10-7-5-9(3-1)11(8)10;;;/h1-7H;2*1H;/q-1;;;+3/p-2. The summed E-state index contributed by atoms with van der Waals surface area (Å²) in [6.45, 7) is 0. The average molecular weight is 301 g/mol. The SMILES string of the molecule is C1=Cc2c[cH-]c3cccc1c23.[Cl-].[Cl-].[Zr+3]. The molecule has 0 saturated heterocycles. The molecule has 69 valence electrons. The Balaban J connectivity index is 0.000000563. The third-order valence-corrected chi connectivity index (χ3v) is 2.30. The van der Waals surface area contributed by atoms with E-state index in [1.54, 1.807) is 0 Å². The summed E-state index contributed by atoms with van der Waals surface area (Å²) in [6.07, 6.45) is 4.36. The zero-order chi connectivity index (χ0) is 7.26. The van der Waals surface area contributed by atoms with Crippen LogP contribution in [0.1, 0.15) is 11.1 Å². The Labute approximate surface area is 115 Å². The van der Waals surface area contributed by atoms with Gasteiger partial charge >= 0.3 is 26.2 Å². The van der Waals surface area contributed by atoms with Gasteiger partial charge in [-0.15, -0.1) is 46.7 Å². The van der Waals surface area contributed by atoms with Crippen molar-refractivity contribution in [3.8, 4) is 0 Å². The first-order chi connectivity index (χ1) is 5.45. The minimum atomic E-state index is 0. The fourth-order valence-corrected chi connectivity index (χ4v) is 1.78. The smallest absolute Gasteiger partial charge is 1.00 e. The van der Waals surface area contributed by atoms with Crippen LogP contribution < -0.4 is 24.8 Å². The van der Waals surface area contributed by atoms with Crippen LogP contribution in [0.4, 0.5) is 0 Å². The second kappa shape index (κ2) is 5.21. The third kappa shape index (κ3) is 1.86. The Morgan fingerprint density at radius 1 is 0.929 bits per heavy atom. The van der Waals surface area contributed by atoms with Crippen molar-refractivity contribution in [2.75, 3.05) is 0 Å². The fourth-order valence-electron chi connectivity index (χ4n) is 1.78. The Hall–Kier alpha value is 0.0331. The Morgan fingerprint density at radius 3 is 2.43 bits per heavy atom. The quantitative estimate of drug-likeness (QED) is 0.390. The topological polar surface area (TPSA) is 0 Å². The van der Waals surface area contributed by atoms with Crippen LogP contribution in [0, 0.1) is 0 Å². The molecular weight excluding hydrogens is 294 g/mol. The van der Waals surface area contributed by atoms with E-state index in [9.17, 15) is 0 Å². The van der Waals surface area contributed by atoms with Gasteiger partial charge in [0.25, 0.3) is 0 Å². The molecule has 1 aliphatic rings. The number of hydrogen-bond acceptors (Lipinski definition) is 0. The van der Waals surface area contributed by atoms with Gasteiger partial charge < -0.3 is 24.8 Å². The average Bonchev–Trinajstić information content (AvgIpc) is 2.60. The molecule has 0 fully saturated rings. The maximum absolute atomic E-state index is 2.18. The van der Waals surface area contributed by atoms with Crippen LogP contribution in [-0.2, 0) is 26.2 Å². The molecule has 2 aromatic carbocycles. The molecule has 3 heteroatoms. The fraction of sp³-hybridized carbons (Fsp3) is 0. The predicted octanol–water partition coefficient (Wildman–Crippen LogP) is -2.95. The molecule has 14 heavy (non-hydrogen) atoms. The van der Waals surface area contributed by atoms with E-state index in [1.807, 2.05) is 0 Å². The summed E-state index contributed by atoms with van der Waals surface area (Å²) in [5.41, 5.74) is 2.73. The van der Waals surface area contributed by atoms with Crippen molar-refractivity contribution >= 4 is 22.9 Å². The summed E-state index contributed by atoms with van der Waals surface area (Å²) in [5.74, 6) is 0. The van der Waals surface area contributed by atoms with E-state index in [4.69, 9.17) is 0 Å². The van der Waals surface area contributed by atoms with E-state index < -0.39 is 0 Å². The maximum atomic E-state index is 2.18. The number of hydrogen-bond donors (Lipinski definition) is 0.